The molecule has 2 aromatic rings. The van der Waals surface area contributed by atoms with Crippen molar-refractivity contribution in [2.75, 3.05) is 32.0 Å². The molecule has 1 fully saturated rings. The Morgan fingerprint density at radius 2 is 2.05 bits per heavy atom. The van der Waals surface area contributed by atoms with Gasteiger partial charge in [-0.3, -0.25) is 9.78 Å². The highest BCUT2D eigenvalue weighted by atomic mass is 16.5. The highest BCUT2D eigenvalue weighted by Crippen LogP contribution is 2.21. The molecule has 1 aromatic carbocycles. The third-order valence-electron chi connectivity index (χ3n) is 3.29. The summed E-state index contributed by atoms with van der Waals surface area (Å²) < 4.78 is 5.26. The van der Waals surface area contributed by atoms with E-state index >= 15 is 0 Å². The zero-order chi connectivity index (χ0) is 13.2. The molecule has 0 spiro atoms. The number of morpholine rings is 1. The fourth-order valence-corrected chi connectivity index (χ4v) is 2.27. The second-order valence-corrected chi connectivity index (χ2v) is 4.54. The van der Waals surface area contributed by atoms with E-state index in [1.807, 2.05) is 18.2 Å². The third kappa shape index (κ3) is 2.24. The molecule has 2 heterocycles. The first-order chi connectivity index (χ1) is 9.25. The van der Waals surface area contributed by atoms with Crippen molar-refractivity contribution in [2.24, 2.45) is 0 Å². The van der Waals surface area contributed by atoms with Gasteiger partial charge in [0.25, 0.3) is 5.91 Å². The first kappa shape index (κ1) is 11.9. The zero-order valence-electron chi connectivity index (χ0n) is 10.5. The smallest absolute Gasteiger partial charge is 0.273 e. The summed E-state index contributed by atoms with van der Waals surface area (Å²) in [5, 5.41) is 1.78. The van der Waals surface area contributed by atoms with Crippen LogP contribution < -0.4 is 5.73 Å². The van der Waals surface area contributed by atoms with Gasteiger partial charge in [0.2, 0.25) is 0 Å². The minimum Gasteiger partial charge on any atom is -0.399 e. The summed E-state index contributed by atoms with van der Waals surface area (Å²) in [5.41, 5.74) is 6.90. The second kappa shape index (κ2) is 4.85. The van der Waals surface area contributed by atoms with Crippen LogP contribution in [0.3, 0.4) is 0 Å². The van der Waals surface area contributed by atoms with Gasteiger partial charge in [0.05, 0.1) is 13.2 Å². The molecule has 5 heteroatoms. The summed E-state index contributed by atoms with van der Waals surface area (Å²) in [6.45, 7) is 2.38. The van der Waals surface area contributed by atoms with E-state index in [1.54, 1.807) is 17.2 Å². The number of nitrogen functional groups attached to an aromatic ring is 1. The minimum absolute atomic E-state index is 0.0560. The Kier molecular flexibility index (Phi) is 3.05. The van der Waals surface area contributed by atoms with E-state index in [2.05, 4.69) is 4.98 Å². The molecule has 0 atom stereocenters. The zero-order valence-corrected chi connectivity index (χ0v) is 10.5. The number of rotatable bonds is 1. The molecule has 2 N–H and O–H groups in total. The van der Waals surface area contributed by atoms with Crippen molar-refractivity contribution in [3.63, 3.8) is 0 Å². The summed E-state index contributed by atoms with van der Waals surface area (Å²) in [4.78, 5) is 18.5. The summed E-state index contributed by atoms with van der Waals surface area (Å²) in [6.07, 6.45) is 1.66. The van der Waals surface area contributed by atoms with Crippen molar-refractivity contribution in [3.05, 3.63) is 36.2 Å². The summed E-state index contributed by atoms with van der Waals surface area (Å²) in [5.74, 6) is -0.0560. The van der Waals surface area contributed by atoms with Gasteiger partial charge in [-0.25, -0.2) is 0 Å². The Balaban J connectivity index is 2.03. The Hall–Kier alpha value is -2.14. The van der Waals surface area contributed by atoms with Crippen molar-refractivity contribution in [3.8, 4) is 0 Å². The number of nitrogens with zero attached hydrogens (tertiary/aromatic N) is 2. The van der Waals surface area contributed by atoms with E-state index in [1.165, 1.54) is 0 Å². The van der Waals surface area contributed by atoms with E-state index in [9.17, 15) is 4.79 Å². The molecule has 3 rings (SSSR count). The van der Waals surface area contributed by atoms with Crippen molar-refractivity contribution < 1.29 is 9.53 Å². The number of carbonyl (C=O) groups is 1. The topological polar surface area (TPSA) is 68.5 Å². The molecule has 1 saturated heterocycles. The quantitative estimate of drug-likeness (QED) is 0.782. The van der Waals surface area contributed by atoms with Crippen LogP contribution in [0.15, 0.2) is 30.5 Å². The minimum atomic E-state index is -0.0560. The molecule has 5 nitrogen and oxygen atoms in total. The standard InChI is InChI=1S/C14H15N3O2/c15-11-2-1-10-3-4-16-13(12(10)9-11)14(18)17-5-7-19-8-6-17/h1-4,9H,5-8,15H2. The highest BCUT2D eigenvalue weighted by Gasteiger charge is 2.21. The van der Waals surface area contributed by atoms with E-state index < -0.39 is 0 Å². The highest BCUT2D eigenvalue weighted by molar-refractivity contribution is 6.05. The molecule has 1 aliphatic rings. The van der Waals surface area contributed by atoms with Crippen LogP contribution in [0.5, 0.6) is 0 Å². The Labute approximate surface area is 111 Å². The van der Waals surface area contributed by atoms with Gasteiger partial charge < -0.3 is 15.4 Å². The van der Waals surface area contributed by atoms with Crippen molar-refractivity contribution >= 4 is 22.4 Å². The summed E-state index contributed by atoms with van der Waals surface area (Å²) in [7, 11) is 0. The fraction of sp³-hybridized carbons (Fsp3) is 0.286. The lowest BCUT2D eigenvalue weighted by molar-refractivity contribution is 0.0300. The van der Waals surface area contributed by atoms with Crippen LogP contribution in [0.4, 0.5) is 5.69 Å². The van der Waals surface area contributed by atoms with Crippen LogP contribution in [0, 0.1) is 0 Å². The maximum Gasteiger partial charge on any atom is 0.273 e. The number of amides is 1. The Morgan fingerprint density at radius 1 is 1.26 bits per heavy atom. The number of pyridine rings is 1. The van der Waals surface area contributed by atoms with Crippen LogP contribution >= 0.6 is 0 Å². The molecule has 0 aliphatic carbocycles. The number of nitrogens with two attached hydrogens (primary N) is 1. The molecule has 0 radical (unpaired) electrons. The first-order valence-electron chi connectivity index (χ1n) is 6.27. The van der Waals surface area contributed by atoms with Crippen LogP contribution in [0.25, 0.3) is 10.8 Å². The average Bonchev–Trinajstić information content (AvgIpc) is 2.47. The molecule has 0 saturated carbocycles. The van der Waals surface area contributed by atoms with Gasteiger partial charge >= 0.3 is 0 Å². The lowest BCUT2D eigenvalue weighted by Crippen LogP contribution is -2.41. The normalized spacial score (nSPS) is 15.7. The number of anilines is 1. The third-order valence-corrected chi connectivity index (χ3v) is 3.29. The van der Waals surface area contributed by atoms with E-state index in [0.717, 1.165) is 10.8 Å². The summed E-state index contributed by atoms with van der Waals surface area (Å²) in [6, 6.07) is 7.41. The van der Waals surface area contributed by atoms with Gasteiger partial charge in [0, 0.05) is 30.4 Å². The number of hydrogen-bond acceptors (Lipinski definition) is 4. The lowest BCUT2D eigenvalue weighted by Gasteiger charge is -2.26. The van der Waals surface area contributed by atoms with Gasteiger partial charge in [-0.05, 0) is 23.6 Å². The molecule has 1 aliphatic heterocycles. The van der Waals surface area contributed by atoms with Gasteiger partial charge in [-0.1, -0.05) is 6.07 Å². The maximum atomic E-state index is 12.5. The van der Waals surface area contributed by atoms with Crippen LogP contribution in [-0.2, 0) is 4.74 Å². The molecule has 98 valence electrons. The average molecular weight is 257 g/mol. The summed E-state index contributed by atoms with van der Waals surface area (Å²) >= 11 is 0. The maximum absolute atomic E-state index is 12.5. The number of aromatic nitrogens is 1. The van der Waals surface area contributed by atoms with Gasteiger partial charge in [0.15, 0.2) is 0 Å². The Morgan fingerprint density at radius 3 is 2.84 bits per heavy atom. The number of fused-ring (bicyclic) bond motifs is 1. The first-order valence-corrected chi connectivity index (χ1v) is 6.27. The molecule has 1 aromatic heterocycles. The predicted molar refractivity (Wildman–Crippen MR) is 72.9 cm³/mol. The number of carbonyl (C=O) groups excluding carboxylic acids is 1. The number of ether oxygens (including phenoxy) is 1. The fourth-order valence-electron chi connectivity index (χ4n) is 2.27. The van der Waals surface area contributed by atoms with Gasteiger partial charge in [0.1, 0.15) is 5.69 Å². The molecule has 19 heavy (non-hydrogen) atoms. The van der Waals surface area contributed by atoms with Crippen LogP contribution in [0.2, 0.25) is 0 Å². The van der Waals surface area contributed by atoms with Gasteiger partial charge in [-0.2, -0.15) is 0 Å². The molecular formula is C14H15N3O2. The van der Waals surface area contributed by atoms with Crippen LogP contribution in [-0.4, -0.2) is 42.1 Å². The SMILES string of the molecule is Nc1ccc2ccnc(C(=O)N3CCOCC3)c2c1. The monoisotopic (exact) mass is 257 g/mol. The van der Waals surface area contributed by atoms with Crippen molar-refractivity contribution in [2.45, 2.75) is 0 Å². The predicted octanol–water partition coefficient (Wildman–Crippen LogP) is 1.29. The number of benzene rings is 1. The number of hydrogen-bond donors (Lipinski definition) is 1. The Bertz CT molecular complexity index is 621. The van der Waals surface area contributed by atoms with E-state index in [-0.39, 0.29) is 5.91 Å². The van der Waals surface area contributed by atoms with Crippen molar-refractivity contribution in [1.29, 1.82) is 0 Å². The molecule has 1 amide bonds. The van der Waals surface area contributed by atoms with Crippen LogP contribution in [0.1, 0.15) is 10.5 Å². The second-order valence-electron chi connectivity index (χ2n) is 4.54. The lowest BCUT2D eigenvalue weighted by atomic mass is 10.1. The van der Waals surface area contributed by atoms with Crippen molar-refractivity contribution in [1.82, 2.24) is 9.88 Å². The molecule has 0 unspecified atom stereocenters. The molecular weight excluding hydrogens is 242 g/mol. The van der Waals surface area contributed by atoms with Gasteiger partial charge in [-0.15, -0.1) is 0 Å². The largest absolute Gasteiger partial charge is 0.399 e. The van der Waals surface area contributed by atoms with E-state index in [0.29, 0.717) is 37.7 Å². The molecule has 0 bridgehead atoms. The van der Waals surface area contributed by atoms with E-state index in [4.69, 9.17) is 10.5 Å².